The predicted octanol–water partition coefficient (Wildman–Crippen LogP) is 3.62. The number of phenolic OH excluding ortho intramolecular Hbond substituents is 1. The van der Waals surface area contributed by atoms with Crippen molar-refractivity contribution in [2.24, 2.45) is 5.92 Å². The Labute approximate surface area is 104 Å². The Bertz CT molecular complexity index is 364. The number of benzene rings is 1. The summed E-state index contributed by atoms with van der Waals surface area (Å²) >= 11 is 0. The number of phenols is 1. The highest BCUT2D eigenvalue weighted by Gasteiger charge is 2.23. The Hall–Kier alpha value is -1.02. The van der Waals surface area contributed by atoms with E-state index in [1.165, 1.54) is 25.7 Å². The van der Waals surface area contributed by atoms with E-state index in [0.717, 1.165) is 11.5 Å². The van der Waals surface area contributed by atoms with E-state index < -0.39 is 0 Å². The van der Waals surface area contributed by atoms with Crippen molar-refractivity contribution in [3.05, 3.63) is 29.8 Å². The third-order valence-corrected chi connectivity index (χ3v) is 3.98. The maximum atomic E-state index is 9.84. The summed E-state index contributed by atoms with van der Waals surface area (Å²) in [4.78, 5) is 0. The molecule has 2 rings (SSSR count). The summed E-state index contributed by atoms with van der Waals surface area (Å²) < 4.78 is 0. The van der Waals surface area contributed by atoms with E-state index in [4.69, 9.17) is 0 Å². The van der Waals surface area contributed by atoms with Gasteiger partial charge in [-0.25, -0.2) is 0 Å². The van der Waals surface area contributed by atoms with Gasteiger partial charge in [0.15, 0.2) is 0 Å². The standard InChI is InChI=1S/C15H23NO/c1-11-7-3-5-9-14(11)16-12(2)13-8-4-6-10-15(13)17/h4,6,8,10-12,14,16-17H,3,5,7,9H2,1-2H3. The minimum absolute atomic E-state index is 0.224. The van der Waals surface area contributed by atoms with Gasteiger partial charge < -0.3 is 10.4 Å². The Morgan fingerprint density at radius 2 is 1.94 bits per heavy atom. The maximum absolute atomic E-state index is 9.84. The second kappa shape index (κ2) is 5.54. The molecule has 2 heteroatoms. The largest absolute Gasteiger partial charge is 0.508 e. The lowest BCUT2D eigenvalue weighted by Crippen LogP contribution is -2.38. The summed E-state index contributed by atoms with van der Waals surface area (Å²) in [5.74, 6) is 1.15. The molecule has 0 heterocycles. The first-order valence-electron chi connectivity index (χ1n) is 6.72. The van der Waals surface area contributed by atoms with E-state index in [2.05, 4.69) is 19.2 Å². The number of nitrogens with one attached hydrogen (secondary N) is 1. The maximum Gasteiger partial charge on any atom is 0.120 e. The molecule has 2 nitrogen and oxygen atoms in total. The zero-order valence-electron chi connectivity index (χ0n) is 10.8. The topological polar surface area (TPSA) is 32.3 Å². The van der Waals surface area contributed by atoms with Crippen LogP contribution in [0.2, 0.25) is 0 Å². The van der Waals surface area contributed by atoms with Crippen molar-refractivity contribution in [2.45, 2.75) is 51.6 Å². The average Bonchev–Trinajstić information content (AvgIpc) is 2.32. The first-order chi connectivity index (χ1) is 8.18. The molecule has 0 aromatic heterocycles. The number of hydrogen-bond acceptors (Lipinski definition) is 2. The third-order valence-electron chi connectivity index (χ3n) is 3.98. The molecule has 3 unspecified atom stereocenters. The molecule has 1 saturated carbocycles. The van der Waals surface area contributed by atoms with Gasteiger partial charge in [0.2, 0.25) is 0 Å². The normalized spacial score (nSPS) is 26.7. The van der Waals surface area contributed by atoms with Gasteiger partial charge in [0.25, 0.3) is 0 Å². The fourth-order valence-corrected chi connectivity index (χ4v) is 2.83. The van der Waals surface area contributed by atoms with Crippen molar-refractivity contribution >= 4 is 0 Å². The van der Waals surface area contributed by atoms with Gasteiger partial charge in [0.05, 0.1) is 0 Å². The lowest BCUT2D eigenvalue weighted by molar-refractivity contribution is 0.262. The van der Waals surface area contributed by atoms with Crippen LogP contribution in [0.3, 0.4) is 0 Å². The van der Waals surface area contributed by atoms with Crippen molar-refractivity contribution < 1.29 is 5.11 Å². The van der Waals surface area contributed by atoms with Gasteiger partial charge in [-0.15, -0.1) is 0 Å². The molecule has 0 saturated heterocycles. The molecule has 94 valence electrons. The molecule has 1 aromatic carbocycles. The van der Waals surface area contributed by atoms with Crippen LogP contribution in [0, 0.1) is 5.92 Å². The van der Waals surface area contributed by atoms with Crippen molar-refractivity contribution in [1.29, 1.82) is 0 Å². The van der Waals surface area contributed by atoms with Gasteiger partial charge in [-0.1, -0.05) is 38.0 Å². The first-order valence-corrected chi connectivity index (χ1v) is 6.72. The van der Waals surface area contributed by atoms with Crippen LogP contribution in [0.5, 0.6) is 5.75 Å². The van der Waals surface area contributed by atoms with Gasteiger partial charge in [-0.2, -0.15) is 0 Å². The highest BCUT2D eigenvalue weighted by Crippen LogP contribution is 2.28. The average molecular weight is 233 g/mol. The number of rotatable bonds is 3. The Kier molecular flexibility index (Phi) is 4.06. The van der Waals surface area contributed by atoms with Crippen LogP contribution < -0.4 is 5.32 Å². The monoisotopic (exact) mass is 233 g/mol. The SMILES string of the molecule is CC(NC1CCCCC1C)c1ccccc1O. The quantitative estimate of drug-likeness (QED) is 0.835. The molecular weight excluding hydrogens is 210 g/mol. The van der Waals surface area contributed by atoms with Gasteiger partial charge in [0.1, 0.15) is 5.75 Å². The molecule has 0 bridgehead atoms. The smallest absolute Gasteiger partial charge is 0.120 e. The summed E-state index contributed by atoms with van der Waals surface area (Å²) in [6, 6.07) is 8.44. The summed E-state index contributed by atoms with van der Waals surface area (Å²) in [6.45, 7) is 4.46. The lowest BCUT2D eigenvalue weighted by Gasteiger charge is -2.32. The van der Waals surface area contributed by atoms with Gasteiger partial charge in [-0.3, -0.25) is 0 Å². The van der Waals surface area contributed by atoms with Crippen molar-refractivity contribution in [3.63, 3.8) is 0 Å². The first kappa shape index (κ1) is 12.4. The van der Waals surface area contributed by atoms with E-state index in [1.54, 1.807) is 6.07 Å². The van der Waals surface area contributed by atoms with E-state index in [1.807, 2.05) is 18.2 Å². The Morgan fingerprint density at radius 3 is 2.65 bits per heavy atom. The molecule has 1 fully saturated rings. The van der Waals surface area contributed by atoms with Crippen LogP contribution in [-0.4, -0.2) is 11.1 Å². The van der Waals surface area contributed by atoms with E-state index in [9.17, 15) is 5.11 Å². The highest BCUT2D eigenvalue weighted by molar-refractivity contribution is 5.34. The molecular formula is C15H23NO. The van der Waals surface area contributed by atoms with Crippen molar-refractivity contribution in [1.82, 2.24) is 5.32 Å². The predicted molar refractivity (Wildman–Crippen MR) is 71.1 cm³/mol. The zero-order chi connectivity index (χ0) is 12.3. The van der Waals surface area contributed by atoms with E-state index in [-0.39, 0.29) is 6.04 Å². The van der Waals surface area contributed by atoms with Crippen molar-refractivity contribution in [2.75, 3.05) is 0 Å². The van der Waals surface area contributed by atoms with Crippen molar-refractivity contribution in [3.8, 4) is 5.75 Å². The second-order valence-corrected chi connectivity index (χ2v) is 5.32. The summed E-state index contributed by atoms with van der Waals surface area (Å²) in [5.41, 5.74) is 1.00. The Morgan fingerprint density at radius 1 is 1.24 bits per heavy atom. The third kappa shape index (κ3) is 3.01. The van der Waals surface area contributed by atoms with E-state index >= 15 is 0 Å². The number of hydrogen-bond donors (Lipinski definition) is 2. The molecule has 1 aromatic rings. The molecule has 0 spiro atoms. The summed E-state index contributed by atoms with van der Waals surface area (Å²) in [7, 11) is 0. The van der Waals surface area contributed by atoms with Gasteiger partial charge in [0, 0.05) is 17.6 Å². The molecule has 0 radical (unpaired) electrons. The molecule has 1 aliphatic rings. The summed E-state index contributed by atoms with van der Waals surface area (Å²) in [5, 5.41) is 13.5. The van der Waals surface area contributed by atoms with Crippen LogP contribution in [0.15, 0.2) is 24.3 Å². The molecule has 1 aliphatic carbocycles. The highest BCUT2D eigenvalue weighted by atomic mass is 16.3. The lowest BCUT2D eigenvalue weighted by atomic mass is 9.85. The van der Waals surface area contributed by atoms with Gasteiger partial charge >= 0.3 is 0 Å². The number of para-hydroxylation sites is 1. The van der Waals surface area contributed by atoms with Crippen LogP contribution in [-0.2, 0) is 0 Å². The van der Waals surface area contributed by atoms with Crippen LogP contribution in [0.4, 0.5) is 0 Å². The minimum Gasteiger partial charge on any atom is -0.508 e. The molecule has 3 atom stereocenters. The van der Waals surface area contributed by atoms with Gasteiger partial charge in [-0.05, 0) is 31.7 Å². The van der Waals surface area contributed by atoms with Crippen LogP contribution in [0.25, 0.3) is 0 Å². The van der Waals surface area contributed by atoms with Crippen LogP contribution >= 0.6 is 0 Å². The van der Waals surface area contributed by atoms with Crippen LogP contribution in [0.1, 0.15) is 51.1 Å². The number of aromatic hydroxyl groups is 1. The fraction of sp³-hybridized carbons (Fsp3) is 0.600. The molecule has 17 heavy (non-hydrogen) atoms. The summed E-state index contributed by atoms with van der Waals surface area (Å²) in [6.07, 6.45) is 5.28. The zero-order valence-corrected chi connectivity index (χ0v) is 10.8. The van der Waals surface area contributed by atoms with E-state index in [0.29, 0.717) is 11.8 Å². The fourth-order valence-electron chi connectivity index (χ4n) is 2.83. The Balaban J connectivity index is 2.01. The molecule has 0 aliphatic heterocycles. The molecule has 0 amide bonds. The minimum atomic E-state index is 0.224. The second-order valence-electron chi connectivity index (χ2n) is 5.32. The molecule has 2 N–H and O–H groups in total.